The van der Waals surface area contributed by atoms with Gasteiger partial charge >= 0.3 is 0 Å². The normalized spacial score (nSPS) is 17.4. The molecule has 2 rings (SSSR count). The molecule has 28 heavy (non-hydrogen) atoms. The first-order valence-electron chi connectivity index (χ1n) is 12.9. The fourth-order valence-corrected chi connectivity index (χ4v) is 5.24. The van der Waals surface area contributed by atoms with Crippen LogP contribution in [-0.4, -0.2) is 0 Å². The van der Waals surface area contributed by atoms with E-state index in [4.69, 9.17) is 0 Å². The summed E-state index contributed by atoms with van der Waals surface area (Å²) < 4.78 is 0. The Balaban J connectivity index is 1.42. The van der Waals surface area contributed by atoms with Crippen molar-refractivity contribution in [2.45, 2.75) is 135 Å². The van der Waals surface area contributed by atoms with E-state index < -0.39 is 0 Å². The average Bonchev–Trinajstić information content (AvgIpc) is 2.73. The van der Waals surface area contributed by atoms with Crippen molar-refractivity contribution in [1.82, 2.24) is 0 Å². The number of rotatable bonds is 16. The Morgan fingerprint density at radius 3 is 1.89 bits per heavy atom. The summed E-state index contributed by atoms with van der Waals surface area (Å²) in [6.07, 6.45) is 26.0. The summed E-state index contributed by atoms with van der Waals surface area (Å²) in [6.45, 7) is 4.81. The summed E-state index contributed by atoms with van der Waals surface area (Å²) in [4.78, 5) is 0. The Labute approximate surface area is 176 Å². The Morgan fingerprint density at radius 2 is 1.29 bits per heavy atom. The second-order valence-electron chi connectivity index (χ2n) is 9.56. The van der Waals surface area contributed by atoms with Crippen molar-refractivity contribution in [2.24, 2.45) is 5.92 Å². The van der Waals surface area contributed by atoms with Crippen LogP contribution in [0.15, 0.2) is 24.3 Å². The summed E-state index contributed by atoms with van der Waals surface area (Å²) in [7, 11) is 0. The van der Waals surface area contributed by atoms with Crippen molar-refractivity contribution >= 4 is 0 Å². The number of benzene rings is 1. The van der Waals surface area contributed by atoms with Crippen molar-refractivity contribution in [2.75, 3.05) is 0 Å². The van der Waals surface area contributed by atoms with Crippen LogP contribution < -0.4 is 0 Å². The fourth-order valence-electron chi connectivity index (χ4n) is 5.24. The molecule has 0 bridgehead atoms. The van der Waals surface area contributed by atoms with Crippen LogP contribution in [0.1, 0.15) is 140 Å². The zero-order valence-corrected chi connectivity index (χ0v) is 19.2. The molecule has 0 aliphatic heterocycles. The quantitative estimate of drug-likeness (QED) is 0.249. The fraction of sp³-hybridized carbons (Fsp3) is 0.786. The molecule has 0 aromatic heterocycles. The van der Waals surface area contributed by atoms with Gasteiger partial charge in [-0.05, 0) is 42.2 Å². The summed E-state index contributed by atoms with van der Waals surface area (Å²) in [5, 5.41) is 0. The maximum absolute atomic E-state index is 2.51. The minimum absolute atomic E-state index is 0.826. The smallest absolute Gasteiger partial charge is 0.0133 e. The minimum Gasteiger partial charge on any atom is -0.0654 e. The van der Waals surface area contributed by atoms with Gasteiger partial charge in [0.25, 0.3) is 0 Å². The monoisotopic (exact) mass is 384 g/mol. The van der Waals surface area contributed by atoms with E-state index in [1.54, 1.807) is 11.1 Å². The van der Waals surface area contributed by atoms with Crippen molar-refractivity contribution in [3.05, 3.63) is 35.4 Å². The van der Waals surface area contributed by atoms with Gasteiger partial charge in [-0.1, -0.05) is 134 Å². The van der Waals surface area contributed by atoms with Crippen LogP contribution in [0.2, 0.25) is 0 Å². The van der Waals surface area contributed by atoms with Crippen LogP contribution >= 0.6 is 0 Å². The summed E-state index contributed by atoms with van der Waals surface area (Å²) in [6, 6.07) is 9.23. The molecule has 2 unspecified atom stereocenters. The Kier molecular flexibility index (Phi) is 12.7. The second-order valence-corrected chi connectivity index (χ2v) is 9.56. The van der Waals surface area contributed by atoms with Crippen LogP contribution in [0.3, 0.4) is 0 Å². The highest BCUT2D eigenvalue weighted by Crippen LogP contribution is 2.38. The molecule has 0 fully saturated rings. The summed E-state index contributed by atoms with van der Waals surface area (Å²) in [5.74, 6) is 1.69. The third-order valence-electron chi connectivity index (χ3n) is 7.12. The largest absolute Gasteiger partial charge is 0.0654 e. The first kappa shape index (κ1) is 23.5. The van der Waals surface area contributed by atoms with E-state index in [1.807, 2.05) is 0 Å². The van der Waals surface area contributed by atoms with Crippen LogP contribution in [0.25, 0.3) is 0 Å². The predicted molar refractivity (Wildman–Crippen MR) is 126 cm³/mol. The molecular formula is C28H48. The van der Waals surface area contributed by atoms with E-state index in [0.29, 0.717) is 0 Å². The average molecular weight is 385 g/mol. The Hall–Kier alpha value is -0.780. The second kappa shape index (κ2) is 15.1. The molecular weight excluding hydrogens is 336 g/mol. The number of unbranched alkanes of at least 4 members (excludes halogenated alkanes) is 13. The zero-order valence-electron chi connectivity index (χ0n) is 19.2. The number of fused-ring (bicyclic) bond motifs is 1. The highest BCUT2D eigenvalue weighted by Gasteiger charge is 2.24. The van der Waals surface area contributed by atoms with Crippen LogP contribution in [-0.2, 0) is 6.42 Å². The summed E-state index contributed by atoms with van der Waals surface area (Å²) >= 11 is 0. The molecule has 2 atom stereocenters. The molecule has 0 saturated carbocycles. The molecule has 0 spiro atoms. The molecule has 160 valence electrons. The van der Waals surface area contributed by atoms with Crippen LogP contribution in [0, 0.1) is 5.92 Å². The predicted octanol–water partition coefficient (Wildman–Crippen LogP) is 9.61. The standard InChI is InChI=1S/C28H48/c1-3-4-5-6-7-8-9-10-11-12-13-14-15-16-20-25(2)27-24-19-22-26-21-17-18-23-28(26)27/h17-18,21,23,25,27H,3-16,19-20,22,24H2,1-2H3. The molecule has 0 radical (unpaired) electrons. The third kappa shape index (κ3) is 9.15. The van der Waals surface area contributed by atoms with Gasteiger partial charge in [0.1, 0.15) is 0 Å². The van der Waals surface area contributed by atoms with E-state index in [9.17, 15) is 0 Å². The van der Waals surface area contributed by atoms with Crippen molar-refractivity contribution in [3.63, 3.8) is 0 Å². The van der Waals surface area contributed by atoms with Gasteiger partial charge in [-0.3, -0.25) is 0 Å². The number of aryl methyl sites for hydroxylation is 1. The molecule has 0 heterocycles. The molecule has 0 saturated heterocycles. The zero-order chi connectivity index (χ0) is 19.9. The lowest BCUT2D eigenvalue weighted by Gasteiger charge is -2.30. The van der Waals surface area contributed by atoms with E-state index in [-0.39, 0.29) is 0 Å². The van der Waals surface area contributed by atoms with Gasteiger partial charge in [-0.2, -0.15) is 0 Å². The molecule has 1 aromatic carbocycles. The highest BCUT2D eigenvalue weighted by molar-refractivity contribution is 5.32. The Bertz CT molecular complexity index is 489. The number of hydrogen-bond donors (Lipinski definition) is 0. The highest BCUT2D eigenvalue weighted by atomic mass is 14.3. The molecule has 1 aliphatic rings. The molecule has 0 nitrogen and oxygen atoms in total. The molecule has 1 aliphatic carbocycles. The van der Waals surface area contributed by atoms with E-state index in [0.717, 1.165) is 11.8 Å². The first-order chi connectivity index (χ1) is 13.8. The topological polar surface area (TPSA) is 0 Å². The van der Waals surface area contributed by atoms with E-state index >= 15 is 0 Å². The van der Waals surface area contributed by atoms with Crippen molar-refractivity contribution in [1.29, 1.82) is 0 Å². The summed E-state index contributed by atoms with van der Waals surface area (Å²) in [5.41, 5.74) is 3.30. The SMILES string of the molecule is CCCCCCCCCCCCCCCCC(C)C1CCCc2ccccc21. The first-order valence-corrected chi connectivity index (χ1v) is 12.9. The van der Waals surface area contributed by atoms with Gasteiger partial charge in [-0.15, -0.1) is 0 Å². The third-order valence-corrected chi connectivity index (χ3v) is 7.12. The van der Waals surface area contributed by atoms with Crippen LogP contribution in [0.5, 0.6) is 0 Å². The minimum atomic E-state index is 0.826. The van der Waals surface area contributed by atoms with Gasteiger partial charge < -0.3 is 0 Å². The lowest BCUT2D eigenvalue weighted by molar-refractivity contribution is 0.369. The molecule has 0 amide bonds. The van der Waals surface area contributed by atoms with Crippen molar-refractivity contribution < 1.29 is 0 Å². The maximum Gasteiger partial charge on any atom is -0.0133 e. The lowest BCUT2D eigenvalue weighted by atomic mass is 9.75. The van der Waals surface area contributed by atoms with Gasteiger partial charge in [-0.25, -0.2) is 0 Å². The van der Waals surface area contributed by atoms with Gasteiger partial charge in [0.05, 0.1) is 0 Å². The van der Waals surface area contributed by atoms with E-state index in [1.165, 1.54) is 116 Å². The van der Waals surface area contributed by atoms with E-state index in [2.05, 4.69) is 38.1 Å². The molecule has 0 N–H and O–H groups in total. The Morgan fingerprint density at radius 1 is 0.750 bits per heavy atom. The van der Waals surface area contributed by atoms with Crippen LogP contribution in [0.4, 0.5) is 0 Å². The number of hydrogen-bond acceptors (Lipinski definition) is 0. The van der Waals surface area contributed by atoms with Gasteiger partial charge in [0.15, 0.2) is 0 Å². The molecule has 0 heteroatoms. The maximum atomic E-state index is 2.51. The molecule has 1 aromatic rings. The lowest BCUT2D eigenvalue weighted by Crippen LogP contribution is -2.16. The van der Waals surface area contributed by atoms with Gasteiger partial charge in [0.2, 0.25) is 0 Å². The van der Waals surface area contributed by atoms with Gasteiger partial charge in [0, 0.05) is 0 Å². The van der Waals surface area contributed by atoms with Crippen molar-refractivity contribution in [3.8, 4) is 0 Å².